The average Bonchev–Trinajstić information content (AvgIpc) is 2.59. The number of hydrogen-bond acceptors (Lipinski definition) is 3. The highest BCUT2D eigenvalue weighted by Crippen LogP contribution is 2.28. The van der Waals surface area contributed by atoms with Crippen LogP contribution in [0.1, 0.15) is 10.4 Å². The number of aromatic carboxylic acids is 1. The van der Waals surface area contributed by atoms with Crippen LogP contribution in [0.15, 0.2) is 16.7 Å². The maximum atomic E-state index is 10.8. The summed E-state index contributed by atoms with van der Waals surface area (Å²) < 4.78 is 5.62. The Labute approximate surface area is 93.2 Å². The summed E-state index contributed by atoms with van der Waals surface area (Å²) in [5.41, 5.74) is 0.688. The molecular formula is C9H7BrN2O3. The molecule has 0 bridgehead atoms. The summed E-state index contributed by atoms with van der Waals surface area (Å²) in [5.74, 6) is -0.568. The molecule has 0 radical (unpaired) electrons. The van der Waals surface area contributed by atoms with E-state index in [1.54, 1.807) is 6.07 Å². The van der Waals surface area contributed by atoms with E-state index in [-0.39, 0.29) is 5.56 Å². The highest BCUT2D eigenvalue weighted by Gasteiger charge is 2.14. The van der Waals surface area contributed by atoms with E-state index in [1.165, 1.54) is 13.3 Å². The fraction of sp³-hybridized carbons (Fsp3) is 0.111. The fourth-order valence-electron chi connectivity index (χ4n) is 1.33. The van der Waals surface area contributed by atoms with Gasteiger partial charge < -0.3 is 14.8 Å². The normalized spacial score (nSPS) is 10.5. The van der Waals surface area contributed by atoms with Crippen LogP contribution in [-0.4, -0.2) is 28.2 Å². The van der Waals surface area contributed by atoms with Crippen LogP contribution in [-0.2, 0) is 0 Å². The number of aromatic nitrogens is 2. The van der Waals surface area contributed by atoms with E-state index in [2.05, 4.69) is 25.9 Å². The van der Waals surface area contributed by atoms with Gasteiger partial charge in [-0.3, -0.25) is 0 Å². The Bertz CT molecular complexity index is 535. The summed E-state index contributed by atoms with van der Waals surface area (Å²) in [6.45, 7) is 0. The first-order valence-electron chi connectivity index (χ1n) is 4.08. The zero-order chi connectivity index (χ0) is 11.0. The first kappa shape index (κ1) is 9.97. The van der Waals surface area contributed by atoms with Crippen molar-refractivity contribution >= 4 is 32.9 Å². The molecule has 0 aromatic carbocycles. The minimum atomic E-state index is -0.986. The van der Waals surface area contributed by atoms with Gasteiger partial charge in [-0.25, -0.2) is 4.79 Å². The minimum absolute atomic E-state index is 0.195. The van der Waals surface area contributed by atoms with Crippen LogP contribution < -0.4 is 4.74 Å². The van der Waals surface area contributed by atoms with E-state index in [4.69, 9.17) is 9.84 Å². The summed E-state index contributed by atoms with van der Waals surface area (Å²) in [7, 11) is 1.50. The first-order chi connectivity index (χ1) is 7.13. The number of nitrogens with one attached hydrogen (secondary N) is 1. The number of fused-ring (bicyclic) bond motifs is 1. The summed E-state index contributed by atoms with van der Waals surface area (Å²) in [4.78, 5) is 17.7. The van der Waals surface area contributed by atoms with Gasteiger partial charge in [-0.05, 0) is 22.0 Å². The van der Waals surface area contributed by atoms with Crippen LogP contribution in [0.5, 0.6) is 5.88 Å². The standard InChI is InChI=1S/C9H7BrN2O3/c1-15-8-6(10)2-4-5(9(13)14)3-11-7(4)12-8/h2-3H,1H3,(H,11,12)(H,13,14). The fourth-order valence-corrected chi connectivity index (χ4v) is 1.81. The molecule has 0 amide bonds. The third kappa shape index (κ3) is 1.56. The van der Waals surface area contributed by atoms with Gasteiger partial charge in [-0.1, -0.05) is 0 Å². The second kappa shape index (κ2) is 3.54. The van der Waals surface area contributed by atoms with Gasteiger partial charge in [-0.15, -0.1) is 0 Å². The molecule has 0 aliphatic heterocycles. The Kier molecular flexibility index (Phi) is 2.36. The van der Waals surface area contributed by atoms with Crippen LogP contribution in [0.25, 0.3) is 11.0 Å². The third-order valence-corrected chi connectivity index (χ3v) is 2.58. The van der Waals surface area contributed by atoms with Crippen LogP contribution in [0, 0.1) is 0 Å². The molecule has 78 valence electrons. The van der Waals surface area contributed by atoms with E-state index >= 15 is 0 Å². The predicted molar refractivity (Wildman–Crippen MR) is 57.3 cm³/mol. The number of halogens is 1. The molecule has 5 nitrogen and oxygen atoms in total. The largest absolute Gasteiger partial charge is 0.480 e. The van der Waals surface area contributed by atoms with E-state index in [1.807, 2.05) is 0 Å². The highest BCUT2D eigenvalue weighted by molar-refractivity contribution is 9.10. The molecular weight excluding hydrogens is 264 g/mol. The van der Waals surface area contributed by atoms with Crippen molar-refractivity contribution in [1.29, 1.82) is 0 Å². The molecule has 0 aliphatic carbocycles. The maximum Gasteiger partial charge on any atom is 0.337 e. The lowest BCUT2D eigenvalue weighted by molar-refractivity contribution is 0.0699. The van der Waals surface area contributed by atoms with Gasteiger partial charge in [0.15, 0.2) is 0 Å². The molecule has 0 spiro atoms. The summed E-state index contributed by atoms with van der Waals surface area (Å²) in [6, 6.07) is 1.67. The molecule has 6 heteroatoms. The topological polar surface area (TPSA) is 75.2 Å². The van der Waals surface area contributed by atoms with Crippen LogP contribution >= 0.6 is 15.9 Å². The van der Waals surface area contributed by atoms with Gasteiger partial charge >= 0.3 is 5.97 Å². The molecule has 2 aromatic heterocycles. The van der Waals surface area contributed by atoms with Crippen molar-refractivity contribution in [2.45, 2.75) is 0 Å². The number of carbonyl (C=O) groups is 1. The molecule has 0 atom stereocenters. The van der Waals surface area contributed by atoms with E-state index in [0.717, 1.165) is 0 Å². The van der Waals surface area contributed by atoms with Crippen molar-refractivity contribution in [3.63, 3.8) is 0 Å². The van der Waals surface area contributed by atoms with E-state index in [9.17, 15) is 4.79 Å². The molecule has 0 unspecified atom stereocenters. The van der Waals surface area contributed by atoms with Crippen molar-refractivity contribution < 1.29 is 14.6 Å². The number of pyridine rings is 1. The van der Waals surface area contributed by atoms with Gasteiger partial charge in [0.05, 0.1) is 17.1 Å². The smallest absolute Gasteiger partial charge is 0.337 e. The summed E-state index contributed by atoms with van der Waals surface area (Å²) in [5, 5.41) is 9.45. The first-order valence-corrected chi connectivity index (χ1v) is 4.87. The van der Waals surface area contributed by atoms with Crippen LogP contribution in [0.3, 0.4) is 0 Å². The summed E-state index contributed by atoms with van der Waals surface area (Å²) >= 11 is 3.25. The number of carboxylic acids is 1. The number of rotatable bonds is 2. The number of carboxylic acid groups (broad SMARTS) is 1. The lowest BCUT2D eigenvalue weighted by atomic mass is 10.2. The second-order valence-electron chi connectivity index (χ2n) is 2.88. The average molecular weight is 271 g/mol. The molecule has 2 N–H and O–H groups in total. The predicted octanol–water partition coefficient (Wildman–Crippen LogP) is 2.03. The number of methoxy groups -OCH3 is 1. The van der Waals surface area contributed by atoms with Crippen molar-refractivity contribution in [2.24, 2.45) is 0 Å². The van der Waals surface area contributed by atoms with Gasteiger partial charge in [0, 0.05) is 11.6 Å². The van der Waals surface area contributed by atoms with E-state index in [0.29, 0.717) is 21.4 Å². The molecule has 15 heavy (non-hydrogen) atoms. The summed E-state index contributed by atoms with van der Waals surface area (Å²) in [6.07, 6.45) is 1.41. The zero-order valence-electron chi connectivity index (χ0n) is 7.74. The second-order valence-corrected chi connectivity index (χ2v) is 3.74. The van der Waals surface area contributed by atoms with Crippen molar-refractivity contribution in [1.82, 2.24) is 9.97 Å². The molecule has 0 aliphatic rings. The molecule has 0 fully saturated rings. The van der Waals surface area contributed by atoms with Gasteiger partial charge in [-0.2, -0.15) is 4.98 Å². The van der Waals surface area contributed by atoms with Crippen molar-refractivity contribution in [3.8, 4) is 5.88 Å². The monoisotopic (exact) mass is 270 g/mol. The Morgan fingerprint density at radius 2 is 2.40 bits per heavy atom. The number of nitrogens with zero attached hydrogens (tertiary/aromatic N) is 1. The Morgan fingerprint density at radius 1 is 1.67 bits per heavy atom. The van der Waals surface area contributed by atoms with Crippen molar-refractivity contribution in [3.05, 3.63) is 22.3 Å². The number of H-pyrrole nitrogens is 1. The Hall–Kier alpha value is -1.56. The maximum absolute atomic E-state index is 10.8. The third-order valence-electron chi connectivity index (χ3n) is 2.01. The number of ether oxygens (including phenoxy) is 1. The quantitative estimate of drug-likeness (QED) is 0.876. The SMILES string of the molecule is COc1nc2[nH]cc(C(=O)O)c2cc1Br. The lowest BCUT2D eigenvalue weighted by Crippen LogP contribution is -1.94. The van der Waals surface area contributed by atoms with Gasteiger partial charge in [0.25, 0.3) is 0 Å². The Balaban J connectivity index is 2.73. The highest BCUT2D eigenvalue weighted by atomic mass is 79.9. The van der Waals surface area contributed by atoms with E-state index < -0.39 is 5.97 Å². The van der Waals surface area contributed by atoms with Crippen LogP contribution in [0.2, 0.25) is 0 Å². The molecule has 0 saturated carbocycles. The number of hydrogen-bond donors (Lipinski definition) is 2. The Morgan fingerprint density at radius 3 is 3.00 bits per heavy atom. The number of aromatic amines is 1. The van der Waals surface area contributed by atoms with Crippen LogP contribution in [0.4, 0.5) is 0 Å². The van der Waals surface area contributed by atoms with Crippen molar-refractivity contribution in [2.75, 3.05) is 7.11 Å². The molecule has 0 saturated heterocycles. The molecule has 2 heterocycles. The lowest BCUT2D eigenvalue weighted by Gasteiger charge is -2.01. The van der Waals surface area contributed by atoms with Gasteiger partial charge in [0.2, 0.25) is 5.88 Å². The molecule has 2 aromatic rings. The zero-order valence-corrected chi connectivity index (χ0v) is 9.33. The minimum Gasteiger partial charge on any atom is -0.480 e. The van der Waals surface area contributed by atoms with Gasteiger partial charge in [0.1, 0.15) is 5.65 Å². The molecule has 2 rings (SSSR count).